The standard InChI is InChI=1S/C6H9F3O4S2/c1-4(5(10)11)15(12,13)3-2-14-6(7,8)9/h4H,2-3H2,1H3,(H,10,11). The van der Waals surface area contributed by atoms with Crippen LogP contribution >= 0.6 is 11.8 Å². The van der Waals surface area contributed by atoms with Gasteiger partial charge in [-0.1, -0.05) is 0 Å². The summed E-state index contributed by atoms with van der Waals surface area (Å²) >= 11 is -0.483. The second-order valence-corrected chi connectivity index (χ2v) is 6.24. The molecule has 0 amide bonds. The third kappa shape index (κ3) is 5.88. The third-order valence-electron chi connectivity index (χ3n) is 1.52. The summed E-state index contributed by atoms with van der Waals surface area (Å²) in [4.78, 5) is 10.3. The molecular weight excluding hydrogens is 257 g/mol. The fourth-order valence-corrected chi connectivity index (χ4v) is 2.76. The molecule has 0 bridgehead atoms. The van der Waals surface area contributed by atoms with Crippen molar-refractivity contribution in [3.05, 3.63) is 0 Å². The highest BCUT2D eigenvalue weighted by molar-refractivity contribution is 8.01. The first kappa shape index (κ1) is 14.6. The number of alkyl halides is 3. The van der Waals surface area contributed by atoms with Crippen LogP contribution in [0.3, 0.4) is 0 Å². The van der Waals surface area contributed by atoms with E-state index < -0.39 is 49.8 Å². The van der Waals surface area contributed by atoms with Gasteiger partial charge in [0, 0.05) is 5.75 Å². The molecule has 0 fully saturated rings. The van der Waals surface area contributed by atoms with Gasteiger partial charge in [-0.15, -0.1) is 0 Å². The number of halogens is 3. The highest BCUT2D eigenvalue weighted by Gasteiger charge is 2.31. The van der Waals surface area contributed by atoms with E-state index in [-0.39, 0.29) is 0 Å². The Hall–Kier alpha value is -0.440. The van der Waals surface area contributed by atoms with E-state index in [1.807, 2.05) is 0 Å². The van der Waals surface area contributed by atoms with Crippen LogP contribution in [0.25, 0.3) is 0 Å². The molecule has 0 heterocycles. The highest BCUT2D eigenvalue weighted by atomic mass is 32.2. The van der Waals surface area contributed by atoms with Crippen molar-refractivity contribution in [2.75, 3.05) is 11.5 Å². The molecule has 9 heteroatoms. The van der Waals surface area contributed by atoms with Gasteiger partial charge in [-0.05, 0) is 18.7 Å². The van der Waals surface area contributed by atoms with E-state index in [2.05, 4.69) is 0 Å². The summed E-state index contributed by atoms with van der Waals surface area (Å²) < 4.78 is 57.1. The number of carboxylic acids is 1. The van der Waals surface area contributed by atoms with Gasteiger partial charge in [0.2, 0.25) is 0 Å². The van der Waals surface area contributed by atoms with E-state index in [4.69, 9.17) is 5.11 Å². The van der Waals surface area contributed by atoms with Crippen LogP contribution in [0.15, 0.2) is 0 Å². The third-order valence-corrected chi connectivity index (χ3v) is 4.57. The molecule has 1 N–H and O–H groups in total. The number of aliphatic carboxylic acids is 1. The molecule has 0 rings (SSSR count). The summed E-state index contributed by atoms with van der Waals surface area (Å²) in [5.41, 5.74) is -4.50. The van der Waals surface area contributed by atoms with Gasteiger partial charge in [-0.3, -0.25) is 4.79 Å². The van der Waals surface area contributed by atoms with Crippen molar-refractivity contribution >= 4 is 27.6 Å². The van der Waals surface area contributed by atoms with Crippen LogP contribution in [-0.4, -0.2) is 41.8 Å². The SMILES string of the molecule is CC(C(=O)O)S(=O)(=O)CCSC(F)(F)F. The molecule has 0 aliphatic carbocycles. The average molecular weight is 266 g/mol. The summed E-state index contributed by atoms with van der Waals surface area (Å²) in [5.74, 6) is -3.05. The molecule has 0 aromatic heterocycles. The van der Waals surface area contributed by atoms with Crippen molar-refractivity contribution in [3.63, 3.8) is 0 Å². The lowest BCUT2D eigenvalue weighted by atomic mass is 10.5. The van der Waals surface area contributed by atoms with Crippen LogP contribution in [-0.2, 0) is 14.6 Å². The Labute approximate surface area is 88.8 Å². The predicted octanol–water partition coefficient (Wildman–Crippen LogP) is 1.13. The van der Waals surface area contributed by atoms with E-state index in [1.54, 1.807) is 0 Å². The first-order valence-corrected chi connectivity index (χ1v) is 6.41. The summed E-state index contributed by atoms with van der Waals surface area (Å²) in [5, 5.41) is 6.69. The van der Waals surface area contributed by atoms with Crippen LogP contribution in [0.2, 0.25) is 0 Å². The smallest absolute Gasteiger partial charge is 0.441 e. The Morgan fingerprint density at radius 1 is 1.47 bits per heavy atom. The first-order valence-electron chi connectivity index (χ1n) is 3.71. The molecule has 0 aliphatic rings. The number of carboxylic acid groups (broad SMARTS) is 1. The van der Waals surface area contributed by atoms with Gasteiger partial charge in [0.25, 0.3) is 0 Å². The van der Waals surface area contributed by atoms with E-state index in [0.29, 0.717) is 0 Å². The molecule has 90 valence electrons. The minimum absolute atomic E-state index is 0.483. The molecule has 4 nitrogen and oxygen atoms in total. The Morgan fingerprint density at radius 3 is 2.27 bits per heavy atom. The molecule has 0 aromatic rings. The van der Waals surface area contributed by atoms with Gasteiger partial charge in [0.05, 0.1) is 5.75 Å². The molecule has 15 heavy (non-hydrogen) atoms. The van der Waals surface area contributed by atoms with Crippen LogP contribution < -0.4 is 0 Å². The van der Waals surface area contributed by atoms with Crippen molar-refractivity contribution < 1.29 is 31.5 Å². The number of thioether (sulfide) groups is 1. The fourth-order valence-electron chi connectivity index (χ4n) is 0.604. The predicted molar refractivity (Wildman–Crippen MR) is 49.4 cm³/mol. The van der Waals surface area contributed by atoms with Crippen LogP contribution in [0.4, 0.5) is 13.2 Å². The molecule has 0 saturated heterocycles. The van der Waals surface area contributed by atoms with Gasteiger partial charge in [-0.2, -0.15) is 13.2 Å². The number of hydrogen-bond donors (Lipinski definition) is 1. The van der Waals surface area contributed by atoms with Gasteiger partial charge in [0.15, 0.2) is 15.1 Å². The van der Waals surface area contributed by atoms with E-state index in [1.165, 1.54) is 0 Å². The summed E-state index contributed by atoms with van der Waals surface area (Å²) in [6, 6.07) is 0. The number of rotatable bonds is 5. The van der Waals surface area contributed by atoms with Crippen molar-refractivity contribution in [3.8, 4) is 0 Å². The molecule has 1 atom stereocenters. The summed E-state index contributed by atoms with van der Waals surface area (Å²) in [7, 11) is -4.00. The summed E-state index contributed by atoms with van der Waals surface area (Å²) in [6.45, 7) is 0.927. The van der Waals surface area contributed by atoms with Gasteiger partial charge in [0.1, 0.15) is 0 Å². The number of hydrogen-bond acceptors (Lipinski definition) is 4. The number of carbonyl (C=O) groups is 1. The van der Waals surface area contributed by atoms with Crippen molar-refractivity contribution in [1.29, 1.82) is 0 Å². The first-order chi connectivity index (χ1) is 6.56. The maximum absolute atomic E-state index is 11.6. The van der Waals surface area contributed by atoms with Gasteiger partial charge in [-0.25, -0.2) is 8.42 Å². The van der Waals surface area contributed by atoms with Crippen molar-refractivity contribution in [2.45, 2.75) is 17.7 Å². The Morgan fingerprint density at radius 2 is 1.93 bits per heavy atom. The Kier molecular flexibility index (Phi) is 4.91. The van der Waals surface area contributed by atoms with E-state index in [9.17, 15) is 26.4 Å². The summed E-state index contributed by atoms with van der Waals surface area (Å²) in [6.07, 6.45) is 0. The molecule has 0 aliphatic heterocycles. The number of sulfone groups is 1. The van der Waals surface area contributed by atoms with Crippen molar-refractivity contribution in [1.82, 2.24) is 0 Å². The Balaban J connectivity index is 4.24. The molecule has 0 spiro atoms. The molecular formula is C6H9F3O4S2. The quantitative estimate of drug-likeness (QED) is 0.807. The maximum Gasteiger partial charge on any atom is 0.441 e. The lowest BCUT2D eigenvalue weighted by Crippen LogP contribution is -2.30. The largest absolute Gasteiger partial charge is 0.480 e. The minimum atomic E-state index is -4.50. The molecule has 0 saturated carbocycles. The Bertz CT molecular complexity index is 322. The maximum atomic E-state index is 11.6. The fraction of sp³-hybridized carbons (Fsp3) is 0.833. The van der Waals surface area contributed by atoms with Crippen LogP contribution in [0.5, 0.6) is 0 Å². The zero-order chi connectivity index (χ0) is 12.3. The van der Waals surface area contributed by atoms with E-state index >= 15 is 0 Å². The van der Waals surface area contributed by atoms with Crippen molar-refractivity contribution in [2.24, 2.45) is 0 Å². The zero-order valence-electron chi connectivity index (χ0n) is 7.61. The zero-order valence-corrected chi connectivity index (χ0v) is 9.25. The second-order valence-electron chi connectivity index (χ2n) is 2.64. The monoisotopic (exact) mass is 266 g/mol. The topological polar surface area (TPSA) is 71.4 Å². The van der Waals surface area contributed by atoms with E-state index in [0.717, 1.165) is 6.92 Å². The normalized spacial score (nSPS) is 14.9. The second kappa shape index (κ2) is 5.06. The molecule has 0 radical (unpaired) electrons. The van der Waals surface area contributed by atoms with Crippen LogP contribution in [0, 0.1) is 0 Å². The highest BCUT2D eigenvalue weighted by Crippen LogP contribution is 2.30. The van der Waals surface area contributed by atoms with Crippen LogP contribution in [0.1, 0.15) is 6.92 Å². The lowest BCUT2D eigenvalue weighted by molar-refractivity contribution is -0.136. The van der Waals surface area contributed by atoms with Gasteiger partial charge < -0.3 is 5.11 Å². The average Bonchev–Trinajstić information content (AvgIpc) is 1.99. The van der Waals surface area contributed by atoms with Gasteiger partial charge >= 0.3 is 11.5 Å². The lowest BCUT2D eigenvalue weighted by Gasteiger charge is -2.09. The molecule has 1 unspecified atom stereocenters. The molecule has 0 aromatic carbocycles. The minimum Gasteiger partial charge on any atom is -0.480 e.